The summed E-state index contributed by atoms with van der Waals surface area (Å²) in [4.78, 5) is 4.47. The Kier molecular flexibility index (Phi) is 1.89. The summed E-state index contributed by atoms with van der Waals surface area (Å²) in [7, 11) is 0. The van der Waals surface area contributed by atoms with Crippen molar-refractivity contribution >= 4 is 17.1 Å². The molecule has 2 N–H and O–H groups in total. The molecule has 3 rings (SSSR count). The van der Waals surface area contributed by atoms with Crippen molar-refractivity contribution < 1.29 is 0 Å². The van der Waals surface area contributed by atoms with E-state index in [-0.39, 0.29) is 0 Å². The number of hydrogen-bond donors (Lipinski definition) is 1. The first kappa shape index (κ1) is 10.6. The minimum Gasteiger partial charge on any atom is -0.369 e. The van der Waals surface area contributed by atoms with Gasteiger partial charge < -0.3 is 5.73 Å². The third-order valence-electron chi connectivity index (χ3n) is 3.84. The Morgan fingerprint density at radius 1 is 1.47 bits per heavy atom. The zero-order chi connectivity index (χ0) is 12.4. The van der Waals surface area contributed by atoms with Crippen LogP contribution in [0.3, 0.4) is 0 Å². The first-order valence-corrected chi connectivity index (χ1v) is 6.16. The molecule has 17 heavy (non-hydrogen) atoms. The fourth-order valence-corrected chi connectivity index (χ4v) is 2.61. The van der Waals surface area contributed by atoms with Gasteiger partial charge in [0.15, 0.2) is 5.65 Å². The number of nitrogen functional groups attached to an aromatic ring is 1. The lowest BCUT2D eigenvalue weighted by atomic mass is 10.2. The van der Waals surface area contributed by atoms with E-state index in [1.165, 1.54) is 0 Å². The Labute approximate surface area is 101 Å². The van der Waals surface area contributed by atoms with Crippen LogP contribution >= 0.6 is 0 Å². The van der Waals surface area contributed by atoms with Crippen molar-refractivity contribution in [3.05, 3.63) is 5.69 Å². The number of fused-ring (bicyclic) bond motifs is 1. The van der Waals surface area contributed by atoms with E-state index < -0.39 is 0 Å². The minimum absolute atomic E-state index is 0.332. The van der Waals surface area contributed by atoms with Gasteiger partial charge in [-0.25, -0.2) is 9.67 Å². The Morgan fingerprint density at radius 3 is 2.65 bits per heavy atom. The Hall–Kier alpha value is -1.52. The maximum Gasteiger partial charge on any atom is 0.202 e. The van der Waals surface area contributed by atoms with Crippen molar-refractivity contribution in [2.24, 2.45) is 5.41 Å². The third-order valence-corrected chi connectivity index (χ3v) is 3.84. The lowest BCUT2D eigenvalue weighted by Crippen LogP contribution is -2.09. The molecule has 0 bridgehead atoms. The molecule has 92 valence electrons. The minimum atomic E-state index is 0.332. The van der Waals surface area contributed by atoms with Crippen LogP contribution in [0.2, 0.25) is 0 Å². The second-order valence-electron chi connectivity index (χ2n) is 5.62. The van der Waals surface area contributed by atoms with E-state index in [0.717, 1.165) is 29.8 Å². The van der Waals surface area contributed by atoms with Gasteiger partial charge in [0.1, 0.15) is 5.52 Å². The number of imidazole rings is 1. The Bertz CT molecular complexity index is 590. The third kappa shape index (κ3) is 1.31. The predicted molar refractivity (Wildman–Crippen MR) is 67.8 cm³/mol. The highest BCUT2D eigenvalue weighted by Gasteiger charge is 2.49. The molecule has 1 saturated carbocycles. The largest absolute Gasteiger partial charge is 0.369 e. The second-order valence-corrected chi connectivity index (χ2v) is 5.62. The normalized spacial score (nSPS) is 22.2. The first-order valence-electron chi connectivity index (χ1n) is 6.16. The average molecular weight is 233 g/mol. The van der Waals surface area contributed by atoms with Gasteiger partial charge >= 0.3 is 0 Å². The summed E-state index contributed by atoms with van der Waals surface area (Å²) in [5.74, 6) is 0.623. The van der Waals surface area contributed by atoms with Crippen molar-refractivity contribution in [3.8, 4) is 0 Å². The van der Waals surface area contributed by atoms with Crippen LogP contribution < -0.4 is 5.73 Å². The summed E-state index contributed by atoms with van der Waals surface area (Å²) in [5.41, 5.74) is 9.39. The number of aryl methyl sites for hydroxylation is 2. The van der Waals surface area contributed by atoms with Crippen molar-refractivity contribution in [2.75, 3.05) is 5.73 Å². The molecule has 0 aliphatic heterocycles. The van der Waals surface area contributed by atoms with E-state index in [1.54, 1.807) is 0 Å². The lowest BCUT2D eigenvalue weighted by molar-refractivity contribution is 0.540. The summed E-state index contributed by atoms with van der Waals surface area (Å²) < 4.78 is 4.17. The Balaban J connectivity index is 2.26. The quantitative estimate of drug-likeness (QED) is 0.864. The number of nitrogens with two attached hydrogens (primary N) is 1. The van der Waals surface area contributed by atoms with E-state index in [1.807, 2.05) is 11.6 Å². The molecule has 5 heteroatoms. The van der Waals surface area contributed by atoms with Crippen LogP contribution in [-0.2, 0) is 6.54 Å². The van der Waals surface area contributed by atoms with Gasteiger partial charge in [-0.1, -0.05) is 13.8 Å². The number of nitrogens with zero attached hydrogens (tertiary/aromatic N) is 4. The van der Waals surface area contributed by atoms with E-state index in [4.69, 9.17) is 5.73 Å². The van der Waals surface area contributed by atoms with Gasteiger partial charge in [0.2, 0.25) is 5.95 Å². The van der Waals surface area contributed by atoms with Crippen LogP contribution in [0.15, 0.2) is 0 Å². The zero-order valence-electron chi connectivity index (χ0n) is 10.9. The maximum absolute atomic E-state index is 6.06. The van der Waals surface area contributed by atoms with Crippen LogP contribution in [0.5, 0.6) is 0 Å². The van der Waals surface area contributed by atoms with Crippen LogP contribution in [0.1, 0.15) is 38.9 Å². The number of hydrogen-bond acceptors (Lipinski definition) is 3. The predicted octanol–water partition coefficient (Wildman–Crippen LogP) is 2.11. The summed E-state index contributed by atoms with van der Waals surface area (Å²) in [5, 5.41) is 4.51. The molecule has 0 aromatic carbocycles. The summed E-state index contributed by atoms with van der Waals surface area (Å²) in [6.45, 7) is 9.47. The molecule has 1 atom stereocenters. The fraction of sp³-hybridized carbons (Fsp3) is 0.667. The SMILES string of the molecule is CCn1nc(C)c2nc(N)n(C3CC3(C)C)c21. The second kappa shape index (κ2) is 3.03. The van der Waals surface area contributed by atoms with Gasteiger partial charge in [0.05, 0.1) is 5.69 Å². The van der Waals surface area contributed by atoms with Gasteiger partial charge in [-0.2, -0.15) is 5.10 Å². The van der Waals surface area contributed by atoms with Crippen LogP contribution in [0, 0.1) is 12.3 Å². The molecule has 0 radical (unpaired) electrons. The van der Waals surface area contributed by atoms with Gasteiger partial charge in [-0.05, 0) is 25.7 Å². The smallest absolute Gasteiger partial charge is 0.202 e. The molecule has 1 aliphatic carbocycles. The highest BCUT2D eigenvalue weighted by molar-refractivity contribution is 5.78. The van der Waals surface area contributed by atoms with Crippen molar-refractivity contribution in [1.29, 1.82) is 0 Å². The van der Waals surface area contributed by atoms with Gasteiger partial charge in [0, 0.05) is 12.6 Å². The van der Waals surface area contributed by atoms with Crippen molar-refractivity contribution in [1.82, 2.24) is 19.3 Å². The molecule has 5 nitrogen and oxygen atoms in total. The number of anilines is 1. The molecule has 1 fully saturated rings. The van der Waals surface area contributed by atoms with E-state index in [2.05, 4.69) is 35.4 Å². The molecule has 1 aliphatic rings. The molecule has 2 heterocycles. The average Bonchev–Trinajstić information content (AvgIpc) is 2.61. The fourth-order valence-electron chi connectivity index (χ4n) is 2.61. The molecular formula is C12H19N5. The molecule has 1 unspecified atom stereocenters. The molecular weight excluding hydrogens is 214 g/mol. The molecule has 2 aromatic rings. The van der Waals surface area contributed by atoms with Crippen LogP contribution in [0.25, 0.3) is 11.2 Å². The van der Waals surface area contributed by atoms with Gasteiger partial charge in [-0.3, -0.25) is 4.57 Å². The zero-order valence-corrected chi connectivity index (χ0v) is 10.9. The summed E-state index contributed by atoms with van der Waals surface area (Å²) in [6.07, 6.45) is 1.16. The molecule has 0 saturated heterocycles. The van der Waals surface area contributed by atoms with Gasteiger partial charge in [-0.15, -0.1) is 0 Å². The van der Waals surface area contributed by atoms with E-state index in [0.29, 0.717) is 17.4 Å². The highest BCUT2D eigenvalue weighted by atomic mass is 15.4. The van der Waals surface area contributed by atoms with Crippen molar-refractivity contribution in [3.63, 3.8) is 0 Å². The maximum atomic E-state index is 6.06. The van der Waals surface area contributed by atoms with E-state index >= 15 is 0 Å². The highest BCUT2D eigenvalue weighted by Crippen LogP contribution is 2.57. The molecule has 0 spiro atoms. The van der Waals surface area contributed by atoms with E-state index in [9.17, 15) is 0 Å². The van der Waals surface area contributed by atoms with Crippen LogP contribution in [0.4, 0.5) is 5.95 Å². The number of aromatic nitrogens is 4. The summed E-state index contributed by atoms with van der Waals surface area (Å²) >= 11 is 0. The summed E-state index contributed by atoms with van der Waals surface area (Å²) in [6, 6.07) is 0.467. The monoisotopic (exact) mass is 233 g/mol. The van der Waals surface area contributed by atoms with Crippen molar-refractivity contribution in [2.45, 2.75) is 46.7 Å². The standard InChI is InChI=1S/C12H19N5/c1-5-16-10-9(7(2)15-16)14-11(13)17(10)8-6-12(8,3)4/h8H,5-6H2,1-4H3,(H2,13,14). The van der Waals surface area contributed by atoms with Crippen LogP contribution in [-0.4, -0.2) is 19.3 Å². The molecule has 0 amide bonds. The van der Waals surface area contributed by atoms with Gasteiger partial charge in [0.25, 0.3) is 0 Å². The lowest BCUT2D eigenvalue weighted by Gasteiger charge is -2.09. The number of rotatable bonds is 2. The Morgan fingerprint density at radius 2 is 2.12 bits per heavy atom. The topological polar surface area (TPSA) is 61.7 Å². The first-order chi connectivity index (χ1) is 7.95. The molecule has 2 aromatic heterocycles.